The van der Waals surface area contributed by atoms with Gasteiger partial charge in [0.1, 0.15) is 11.8 Å². The molecule has 3 aliphatic heterocycles. The van der Waals surface area contributed by atoms with Crippen molar-refractivity contribution in [3.8, 4) is 5.75 Å². The highest BCUT2D eigenvalue weighted by Crippen LogP contribution is 2.69. The lowest BCUT2D eigenvalue weighted by molar-refractivity contribution is -0.155. The van der Waals surface area contributed by atoms with Gasteiger partial charge in [-0.1, -0.05) is 32.9 Å². The zero-order valence-corrected chi connectivity index (χ0v) is 26.2. The van der Waals surface area contributed by atoms with Gasteiger partial charge in [0, 0.05) is 17.5 Å². The lowest BCUT2D eigenvalue weighted by Crippen LogP contribution is -2.59. The molecule has 1 spiro atoms. The third kappa shape index (κ3) is 5.74. The maximum absolute atomic E-state index is 14.8. The minimum Gasteiger partial charge on any atom is -0.497 e. The number of ether oxygens (including phenoxy) is 2. The number of carbonyl (C=O) groups is 3. The lowest BCUT2D eigenvalue weighted by atomic mass is 9.66. The number of methoxy groups -OCH3 is 1. The molecule has 0 aliphatic carbocycles. The summed E-state index contributed by atoms with van der Waals surface area (Å²) >= 11 is 1.62. The van der Waals surface area contributed by atoms with E-state index in [4.69, 9.17) is 9.47 Å². The summed E-state index contributed by atoms with van der Waals surface area (Å²) in [7, 11) is 1.59. The number of aliphatic hydroxyl groups excluding tert-OH is 1. The second-order valence-corrected chi connectivity index (χ2v) is 13.7. The van der Waals surface area contributed by atoms with Crippen LogP contribution in [-0.2, 0) is 19.1 Å². The molecular weight excluding hydrogens is 552 g/mol. The zero-order valence-electron chi connectivity index (χ0n) is 25.4. The number of allylic oxidation sites excluding steroid dienone is 1. The minimum absolute atomic E-state index is 0.0110. The summed E-state index contributed by atoms with van der Waals surface area (Å²) in [5.74, 6) is -1.24. The number of rotatable bonds is 15. The average Bonchev–Trinajstić information content (AvgIpc) is 3.57. The number of benzene rings is 1. The van der Waals surface area contributed by atoms with Gasteiger partial charge in [-0.15, -0.1) is 24.9 Å². The van der Waals surface area contributed by atoms with Crippen LogP contribution in [0.3, 0.4) is 0 Å². The molecule has 7 atom stereocenters. The molecule has 3 unspecified atom stereocenters. The maximum Gasteiger partial charge on any atom is 0.310 e. The molecule has 8 nitrogen and oxygen atoms in total. The van der Waals surface area contributed by atoms with Crippen LogP contribution in [0.15, 0.2) is 49.6 Å². The summed E-state index contributed by atoms with van der Waals surface area (Å²) in [4.78, 5) is 46.2. The molecule has 0 saturated carbocycles. The molecule has 42 heavy (non-hydrogen) atoms. The van der Waals surface area contributed by atoms with E-state index in [1.54, 1.807) is 46.9 Å². The number of fused-ring (bicyclic) bond motifs is 1. The van der Waals surface area contributed by atoms with Gasteiger partial charge in [-0.3, -0.25) is 14.4 Å². The number of carbonyl (C=O) groups excluding carboxylic acids is 3. The van der Waals surface area contributed by atoms with Gasteiger partial charge in [0.2, 0.25) is 5.91 Å². The van der Waals surface area contributed by atoms with E-state index in [0.29, 0.717) is 24.5 Å². The summed E-state index contributed by atoms with van der Waals surface area (Å²) < 4.78 is 10.3. The first-order valence-corrected chi connectivity index (χ1v) is 16.0. The Labute approximate surface area is 254 Å². The van der Waals surface area contributed by atoms with Crippen molar-refractivity contribution >= 4 is 35.2 Å². The Morgan fingerprint density at radius 2 is 1.93 bits per heavy atom. The molecule has 9 heteroatoms. The predicted molar refractivity (Wildman–Crippen MR) is 166 cm³/mol. The molecule has 2 amide bonds. The van der Waals surface area contributed by atoms with E-state index < -0.39 is 28.7 Å². The van der Waals surface area contributed by atoms with Crippen molar-refractivity contribution in [2.75, 3.05) is 31.8 Å². The molecule has 230 valence electrons. The molecule has 3 heterocycles. The van der Waals surface area contributed by atoms with E-state index in [0.717, 1.165) is 25.7 Å². The van der Waals surface area contributed by atoms with Crippen LogP contribution in [0.4, 0.5) is 5.69 Å². The quantitative estimate of drug-likeness (QED) is 0.175. The fraction of sp³-hybridized carbons (Fsp3) is 0.606. The second-order valence-electron chi connectivity index (χ2n) is 12.2. The zero-order chi connectivity index (χ0) is 30.6. The number of thioether (sulfide) groups is 1. The molecule has 1 N–H and O–H groups in total. The highest BCUT2D eigenvalue weighted by Gasteiger charge is 2.77. The first kappa shape index (κ1) is 32.1. The first-order valence-electron chi connectivity index (χ1n) is 15.1. The topological polar surface area (TPSA) is 96.4 Å². The second kappa shape index (κ2) is 13.7. The van der Waals surface area contributed by atoms with E-state index in [9.17, 15) is 19.5 Å². The summed E-state index contributed by atoms with van der Waals surface area (Å²) in [6, 6.07) is 5.85. The highest BCUT2D eigenvalue weighted by atomic mass is 32.2. The highest BCUT2D eigenvalue weighted by molar-refractivity contribution is 8.02. The maximum atomic E-state index is 14.8. The fourth-order valence-corrected chi connectivity index (χ4v) is 9.63. The molecule has 3 saturated heterocycles. The van der Waals surface area contributed by atoms with Crippen LogP contribution in [0.1, 0.15) is 52.9 Å². The molecule has 2 bridgehead atoms. The monoisotopic (exact) mass is 598 g/mol. The largest absolute Gasteiger partial charge is 0.497 e. The summed E-state index contributed by atoms with van der Waals surface area (Å²) in [6.07, 6.45) is 7.25. The van der Waals surface area contributed by atoms with Gasteiger partial charge < -0.3 is 24.4 Å². The van der Waals surface area contributed by atoms with Crippen LogP contribution in [0, 0.1) is 23.7 Å². The van der Waals surface area contributed by atoms with Gasteiger partial charge in [-0.2, -0.15) is 0 Å². The van der Waals surface area contributed by atoms with E-state index in [1.165, 1.54) is 0 Å². The lowest BCUT2D eigenvalue weighted by Gasteiger charge is -2.42. The molecule has 1 aromatic carbocycles. The molecule has 3 aliphatic rings. The third-order valence-corrected chi connectivity index (χ3v) is 11.1. The molecular formula is C33H46N2O6S. The Bertz CT molecular complexity index is 1160. The van der Waals surface area contributed by atoms with Crippen LogP contribution in [-0.4, -0.2) is 76.7 Å². The van der Waals surface area contributed by atoms with E-state index in [1.807, 2.05) is 32.1 Å². The van der Waals surface area contributed by atoms with Crippen LogP contribution in [0.2, 0.25) is 0 Å². The fourth-order valence-electron chi connectivity index (χ4n) is 7.24. The Hall–Kier alpha value is -2.78. The van der Waals surface area contributed by atoms with Crippen LogP contribution >= 0.6 is 11.8 Å². The van der Waals surface area contributed by atoms with E-state index >= 15 is 0 Å². The smallest absolute Gasteiger partial charge is 0.310 e. The van der Waals surface area contributed by atoms with Gasteiger partial charge in [0.05, 0.1) is 42.9 Å². The van der Waals surface area contributed by atoms with Gasteiger partial charge >= 0.3 is 5.97 Å². The average molecular weight is 599 g/mol. The number of nitrogens with zero attached hydrogens (tertiary/aromatic N) is 2. The first-order chi connectivity index (χ1) is 20.2. The Kier molecular flexibility index (Phi) is 10.5. The third-order valence-electron chi connectivity index (χ3n) is 9.05. The van der Waals surface area contributed by atoms with Crippen molar-refractivity contribution in [1.82, 2.24) is 4.90 Å². The normalized spacial score (nSPS) is 28.5. The van der Waals surface area contributed by atoms with Crippen LogP contribution < -0.4 is 9.64 Å². The molecule has 4 rings (SSSR count). The summed E-state index contributed by atoms with van der Waals surface area (Å²) in [5, 5.41) is 10.5. The van der Waals surface area contributed by atoms with Gasteiger partial charge in [0.25, 0.3) is 5.91 Å². The SMILES string of the molecule is C=CCCCCOC(=O)[C@@H]1[C@H]2C(=O)N([C@@H](CO)CC(C)C)C(C(=O)N(CC=C)c3ccc(OC)cc3)C23S[C@@H]1CC3C. The van der Waals surface area contributed by atoms with E-state index in [2.05, 4.69) is 20.1 Å². The van der Waals surface area contributed by atoms with Crippen molar-refractivity contribution in [3.63, 3.8) is 0 Å². The Morgan fingerprint density at radius 1 is 1.21 bits per heavy atom. The van der Waals surface area contributed by atoms with Crippen molar-refractivity contribution in [2.45, 2.75) is 75.0 Å². The number of unbranched alkanes of at least 4 members (excludes halogenated alkanes) is 2. The van der Waals surface area contributed by atoms with E-state index in [-0.39, 0.29) is 48.0 Å². The Morgan fingerprint density at radius 3 is 2.52 bits per heavy atom. The number of likely N-dealkylation sites (tertiary alicyclic amines) is 1. The Balaban J connectivity index is 1.75. The van der Waals surface area contributed by atoms with Gasteiger partial charge in [-0.05, 0) is 68.2 Å². The van der Waals surface area contributed by atoms with Crippen molar-refractivity contribution in [1.29, 1.82) is 0 Å². The number of aliphatic hydroxyl groups is 1. The van der Waals surface area contributed by atoms with Gasteiger partial charge in [-0.25, -0.2) is 0 Å². The molecule has 0 aromatic heterocycles. The standard InChI is InChI=1S/C33H46N2O6S/c1-7-9-10-11-17-41-32(39)27-26-19-22(5)33(42-26)28(27)30(37)35(24(20-36)18-21(3)4)29(33)31(38)34(16-8-2)23-12-14-25(40-6)15-13-23/h7-8,12-15,21-22,24,26-29,36H,1-2,9-11,16-20H2,3-6H3/t22?,24-,26-,27+,28+,29?,33?/m1/s1. The number of hydrogen-bond acceptors (Lipinski definition) is 7. The van der Waals surface area contributed by atoms with Crippen molar-refractivity contribution in [2.24, 2.45) is 23.7 Å². The number of esters is 1. The van der Waals surface area contributed by atoms with Gasteiger partial charge in [0.15, 0.2) is 0 Å². The van der Waals surface area contributed by atoms with Crippen LogP contribution in [0.5, 0.6) is 5.75 Å². The minimum atomic E-state index is -0.844. The number of amides is 2. The summed E-state index contributed by atoms with van der Waals surface area (Å²) in [6.45, 7) is 14.1. The molecule has 3 fully saturated rings. The van der Waals surface area contributed by atoms with Crippen LogP contribution in [0.25, 0.3) is 0 Å². The predicted octanol–water partition coefficient (Wildman–Crippen LogP) is 4.86. The molecule has 1 aromatic rings. The number of anilines is 1. The van der Waals surface area contributed by atoms with Crippen molar-refractivity contribution < 1.29 is 29.0 Å². The van der Waals surface area contributed by atoms with Crippen molar-refractivity contribution in [3.05, 3.63) is 49.6 Å². The summed E-state index contributed by atoms with van der Waals surface area (Å²) in [5.41, 5.74) is 0.665. The number of hydrogen-bond donors (Lipinski definition) is 1. The molecule has 0 radical (unpaired) electrons.